The number of ether oxygens (including phenoxy) is 2. The summed E-state index contributed by atoms with van der Waals surface area (Å²) >= 11 is 5.65. The van der Waals surface area contributed by atoms with E-state index >= 15 is 0 Å². The van der Waals surface area contributed by atoms with Gasteiger partial charge >= 0.3 is 5.97 Å². The lowest BCUT2D eigenvalue weighted by Gasteiger charge is -2.38. The highest BCUT2D eigenvalue weighted by molar-refractivity contribution is 7.80. The summed E-state index contributed by atoms with van der Waals surface area (Å²) in [6, 6.07) is 13.9. The Morgan fingerprint density at radius 2 is 1.78 bits per heavy atom. The van der Waals surface area contributed by atoms with Gasteiger partial charge in [-0.3, -0.25) is 4.79 Å². The number of amides is 1. The van der Waals surface area contributed by atoms with Crippen LogP contribution < -0.4 is 15.4 Å². The van der Waals surface area contributed by atoms with Gasteiger partial charge in [-0.1, -0.05) is 18.2 Å². The van der Waals surface area contributed by atoms with E-state index in [0.717, 1.165) is 18.5 Å². The first-order valence-electron chi connectivity index (χ1n) is 10.4. The topological polar surface area (TPSA) is 79.9 Å². The molecule has 0 saturated heterocycles. The van der Waals surface area contributed by atoms with Gasteiger partial charge in [0.05, 0.1) is 31.4 Å². The van der Waals surface area contributed by atoms with Crippen molar-refractivity contribution < 1.29 is 19.1 Å². The van der Waals surface area contributed by atoms with Crippen LogP contribution in [-0.2, 0) is 9.53 Å². The summed E-state index contributed by atoms with van der Waals surface area (Å²) in [5, 5.41) is 6.82. The molecular formula is C24H25N3O4S. The number of benzene rings is 2. The van der Waals surface area contributed by atoms with E-state index in [1.807, 2.05) is 24.0 Å². The minimum Gasteiger partial charge on any atom is -0.497 e. The number of allylic oxidation sites excluding steroid dienone is 1. The second kappa shape index (κ2) is 9.00. The van der Waals surface area contributed by atoms with Crippen molar-refractivity contribution in [3.63, 3.8) is 0 Å². The molecule has 2 aromatic rings. The molecule has 1 atom stereocenters. The lowest BCUT2D eigenvalue weighted by atomic mass is 9.90. The Hall–Kier alpha value is -3.39. The van der Waals surface area contributed by atoms with Crippen LogP contribution in [0.25, 0.3) is 0 Å². The highest BCUT2D eigenvalue weighted by Crippen LogP contribution is 2.39. The number of nitrogens with one attached hydrogen (secondary N) is 2. The Kier molecular flexibility index (Phi) is 6.14. The van der Waals surface area contributed by atoms with E-state index in [1.165, 1.54) is 7.11 Å². The fourth-order valence-corrected chi connectivity index (χ4v) is 4.38. The fourth-order valence-electron chi connectivity index (χ4n) is 3.97. The van der Waals surface area contributed by atoms with Crippen molar-refractivity contribution in [3.8, 4) is 5.75 Å². The van der Waals surface area contributed by atoms with Crippen molar-refractivity contribution in [1.82, 2.24) is 10.2 Å². The smallest absolute Gasteiger partial charge is 0.338 e. The first-order valence-corrected chi connectivity index (χ1v) is 10.8. The van der Waals surface area contributed by atoms with Gasteiger partial charge in [-0.15, -0.1) is 0 Å². The Morgan fingerprint density at radius 3 is 2.41 bits per heavy atom. The number of esters is 1. The maximum Gasteiger partial charge on any atom is 0.338 e. The predicted molar refractivity (Wildman–Crippen MR) is 125 cm³/mol. The van der Waals surface area contributed by atoms with Crippen molar-refractivity contribution in [2.75, 3.05) is 19.5 Å². The quantitative estimate of drug-likeness (QED) is 0.511. The molecule has 1 unspecified atom stereocenters. The molecule has 32 heavy (non-hydrogen) atoms. The molecule has 1 amide bonds. The Morgan fingerprint density at radius 1 is 1.09 bits per heavy atom. The average molecular weight is 452 g/mol. The molecule has 1 aliphatic heterocycles. The first-order chi connectivity index (χ1) is 15.4. The third-order valence-corrected chi connectivity index (χ3v) is 6.02. The summed E-state index contributed by atoms with van der Waals surface area (Å²) in [7, 11) is 2.93. The van der Waals surface area contributed by atoms with Gasteiger partial charge in [-0.05, 0) is 67.9 Å². The molecule has 2 N–H and O–H groups in total. The van der Waals surface area contributed by atoms with Crippen molar-refractivity contribution in [3.05, 3.63) is 70.9 Å². The Bertz CT molecular complexity index is 1090. The van der Waals surface area contributed by atoms with Crippen LogP contribution in [0.15, 0.2) is 59.8 Å². The molecule has 2 aliphatic rings. The lowest BCUT2D eigenvalue weighted by molar-refractivity contribution is -0.113. The summed E-state index contributed by atoms with van der Waals surface area (Å²) in [5.41, 5.74) is 2.96. The highest BCUT2D eigenvalue weighted by atomic mass is 32.1. The van der Waals surface area contributed by atoms with Crippen LogP contribution in [0.2, 0.25) is 0 Å². The Labute approximate surface area is 192 Å². The average Bonchev–Trinajstić information content (AvgIpc) is 3.63. The maximum atomic E-state index is 13.5. The third-order valence-electron chi connectivity index (χ3n) is 5.71. The molecule has 8 heteroatoms. The molecule has 0 radical (unpaired) electrons. The molecule has 7 nitrogen and oxygen atoms in total. The second-order valence-electron chi connectivity index (χ2n) is 7.74. The SMILES string of the molecule is COC(=O)c1ccccc1C1NC(=S)N(C2CC2)C(C)=C1C(=O)Nc1ccc(OC)cc1. The van der Waals surface area contributed by atoms with Crippen LogP contribution >= 0.6 is 12.2 Å². The molecule has 166 valence electrons. The Balaban J connectivity index is 1.76. The summed E-state index contributed by atoms with van der Waals surface area (Å²) in [6.07, 6.45) is 2.05. The number of anilines is 1. The van der Waals surface area contributed by atoms with Gasteiger partial charge in [0.1, 0.15) is 5.75 Å². The van der Waals surface area contributed by atoms with Gasteiger partial charge in [-0.25, -0.2) is 4.79 Å². The zero-order chi connectivity index (χ0) is 22.8. The van der Waals surface area contributed by atoms with Crippen LogP contribution in [0.3, 0.4) is 0 Å². The molecule has 1 heterocycles. The van der Waals surface area contributed by atoms with Gasteiger partial charge in [-0.2, -0.15) is 0 Å². The number of nitrogens with zero attached hydrogens (tertiary/aromatic N) is 1. The van der Waals surface area contributed by atoms with E-state index in [-0.39, 0.29) is 11.9 Å². The van der Waals surface area contributed by atoms with Gasteiger partial charge in [0.15, 0.2) is 5.11 Å². The zero-order valence-electron chi connectivity index (χ0n) is 18.2. The largest absolute Gasteiger partial charge is 0.497 e. The number of carbonyl (C=O) groups is 2. The fraction of sp³-hybridized carbons (Fsp3) is 0.292. The van der Waals surface area contributed by atoms with E-state index in [9.17, 15) is 9.59 Å². The lowest BCUT2D eigenvalue weighted by Crippen LogP contribution is -2.49. The monoisotopic (exact) mass is 451 g/mol. The minimum atomic E-state index is -0.592. The van der Waals surface area contributed by atoms with E-state index in [1.54, 1.807) is 43.5 Å². The van der Waals surface area contributed by atoms with Gasteiger partial charge < -0.3 is 25.0 Å². The van der Waals surface area contributed by atoms with Crippen LogP contribution in [0.4, 0.5) is 5.69 Å². The molecule has 0 spiro atoms. The van der Waals surface area contributed by atoms with Crippen molar-refractivity contribution in [1.29, 1.82) is 0 Å². The normalized spacial score (nSPS) is 18.2. The first kappa shape index (κ1) is 21.8. The number of thiocarbonyl (C=S) groups is 1. The summed E-state index contributed by atoms with van der Waals surface area (Å²) < 4.78 is 10.2. The van der Waals surface area contributed by atoms with Gasteiger partial charge in [0.25, 0.3) is 5.91 Å². The van der Waals surface area contributed by atoms with E-state index in [2.05, 4.69) is 10.6 Å². The van der Waals surface area contributed by atoms with Crippen LogP contribution in [0, 0.1) is 0 Å². The molecule has 1 fully saturated rings. The van der Waals surface area contributed by atoms with Crippen LogP contribution in [0.5, 0.6) is 5.75 Å². The highest BCUT2D eigenvalue weighted by Gasteiger charge is 2.41. The minimum absolute atomic E-state index is 0.266. The zero-order valence-corrected chi connectivity index (χ0v) is 19.0. The number of hydrogen-bond donors (Lipinski definition) is 2. The van der Waals surface area contributed by atoms with E-state index in [4.69, 9.17) is 21.7 Å². The van der Waals surface area contributed by atoms with Crippen molar-refractivity contribution in [2.24, 2.45) is 0 Å². The number of rotatable bonds is 6. The summed E-state index contributed by atoms with van der Waals surface area (Å²) in [5.74, 6) is -0.0311. The number of hydrogen-bond acceptors (Lipinski definition) is 5. The van der Waals surface area contributed by atoms with Crippen molar-refractivity contribution >= 4 is 34.9 Å². The molecule has 2 aromatic carbocycles. The van der Waals surface area contributed by atoms with Gasteiger partial charge in [0, 0.05) is 17.4 Å². The maximum absolute atomic E-state index is 13.5. The number of methoxy groups -OCH3 is 2. The molecule has 0 aromatic heterocycles. The molecule has 0 bridgehead atoms. The van der Waals surface area contributed by atoms with E-state index in [0.29, 0.717) is 33.2 Å². The third kappa shape index (κ3) is 4.18. The number of carbonyl (C=O) groups excluding carboxylic acids is 2. The molecule has 1 aliphatic carbocycles. The van der Waals surface area contributed by atoms with Crippen LogP contribution in [0.1, 0.15) is 41.7 Å². The van der Waals surface area contributed by atoms with E-state index < -0.39 is 12.0 Å². The van der Waals surface area contributed by atoms with Gasteiger partial charge in [0.2, 0.25) is 0 Å². The molecule has 4 rings (SSSR count). The standard InChI is InChI=1S/C24H25N3O4S/c1-14-20(22(28)25-15-8-12-17(30-2)13-9-15)21(26-24(32)27(14)16-10-11-16)18-6-4-5-7-19(18)23(29)31-3/h4-9,12-13,16,21H,10-11H2,1-3H3,(H,25,28)(H,26,32). The van der Waals surface area contributed by atoms with Crippen LogP contribution in [-0.4, -0.2) is 42.2 Å². The molecular weight excluding hydrogens is 426 g/mol. The molecule has 1 saturated carbocycles. The summed E-state index contributed by atoms with van der Waals surface area (Å²) in [6.45, 7) is 1.90. The predicted octanol–water partition coefficient (Wildman–Crippen LogP) is 3.79. The summed E-state index contributed by atoms with van der Waals surface area (Å²) in [4.78, 5) is 28.0. The van der Waals surface area contributed by atoms with Crippen molar-refractivity contribution in [2.45, 2.75) is 31.8 Å². The second-order valence-corrected chi connectivity index (χ2v) is 8.13.